The van der Waals surface area contributed by atoms with Gasteiger partial charge in [0.25, 0.3) is 0 Å². The van der Waals surface area contributed by atoms with Gasteiger partial charge in [-0.25, -0.2) is 0 Å². The van der Waals surface area contributed by atoms with Crippen molar-refractivity contribution in [1.29, 1.82) is 0 Å². The normalized spacial score (nSPS) is 10.0. The molecule has 0 radical (unpaired) electrons. The fourth-order valence-electron chi connectivity index (χ4n) is 2.47. The first-order valence-electron chi connectivity index (χ1n) is 7.64. The highest BCUT2D eigenvalue weighted by molar-refractivity contribution is 5.87. The Kier molecular flexibility index (Phi) is 8.43. The summed E-state index contributed by atoms with van der Waals surface area (Å²) < 4.78 is 5.70. The summed E-state index contributed by atoms with van der Waals surface area (Å²) in [6, 6.07) is 12.5. The van der Waals surface area contributed by atoms with Crippen LogP contribution in [0.15, 0.2) is 36.4 Å². The lowest BCUT2D eigenvalue weighted by Crippen LogP contribution is -2.15. The molecule has 2 aromatic rings. The fourth-order valence-corrected chi connectivity index (χ4v) is 2.47. The molecule has 3 heteroatoms. The topological polar surface area (TPSA) is 21.3 Å². The first kappa shape index (κ1) is 18.4. The zero-order valence-corrected chi connectivity index (χ0v) is 13.9. The van der Waals surface area contributed by atoms with Crippen LogP contribution in [0.4, 0.5) is 0 Å². The Balaban J connectivity index is 0.00000242. The molecule has 0 saturated heterocycles. The van der Waals surface area contributed by atoms with Crippen LogP contribution in [-0.2, 0) is 6.54 Å². The van der Waals surface area contributed by atoms with Crippen molar-refractivity contribution >= 4 is 23.2 Å². The fraction of sp³-hybridized carbons (Fsp3) is 0.368. The molecule has 2 rings (SSSR count). The van der Waals surface area contributed by atoms with Crippen LogP contribution in [0.3, 0.4) is 0 Å². The van der Waals surface area contributed by atoms with Gasteiger partial charge in [0.15, 0.2) is 0 Å². The van der Waals surface area contributed by atoms with Gasteiger partial charge in [-0.15, -0.1) is 18.8 Å². The van der Waals surface area contributed by atoms with E-state index in [1.807, 2.05) is 6.07 Å². The van der Waals surface area contributed by atoms with Crippen molar-refractivity contribution < 1.29 is 4.74 Å². The van der Waals surface area contributed by atoms with Crippen molar-refractivity contribution in [2.75, 3.05) is 13.2 Å². The number of unbranched alkanes of at least 4 members (excludes halogenated alkanes) is 2. The maximum atomic E-state index is 5.70. The Morgan fingerprint density at radius 3 is 2.73 bits per heavy atom. The minimum absolute atomic E-state index is 0. The van der Waals surface area contributed by atoms with Crippen LogP contribution < -0.4 is 10.1 Å². The van der Waals surface area contributed by atoms with E-state index in [-0.39, 0.29) is 12.4 Å². The Morgan fingerprint density at radius 1 is 1.14 bits per heavy atom. The van der Waals surface area contributed by atoms with Crippen molar-refractivity contribution in [2.24, 2.45) is 0 Å². The van der Waals surface area contributed by atoms with Crippen molar-refractivity contribution in [1.82, 2.24) is 5.32 Å². The van der Waals surface area contributed by atoms with Gasteiger partial charge in [-0.3, -0.25) is 0 Å². The predicted molar refractivity (Wildman–Crippen MR) is 96.8 cm³/mol. The molecule has 118 valence electrons. The van der Waals surface area contributed by atoms with Crippen LogP contribution in [0.25, 0.3) is 10.8 Å². The maximum Gasteiger partial charge on any atom is 0.148 e. The van der Waals surface area contributed by atoms with E-state index in [1.54, 1.807) is 0 Å². The molecule has 0 fully saturated rings. The van der Waals surface area contributed by atoms with Crippen LogP contribution >= 0.6 is 12.4 Å². The van der Waals surface area contributed by atoms with E-state index in [4.69, 9.17) is 11.2 Å². The third-order valence-corrected chi connectivity index (χ3v) is 3.57. The first-order chi connectivity index (χ1) is 10.4. The molecule has 0 heterocycles. The van der Waals surface area contributed by atoms with E-state index in [9.17, 15) is 0 Å². The van der Waals surface area contributed by atoms with Crippen molar-refractivity contribution in [3.8, 4) is 18.1 Å². The molecule has 0 bridgehead atoms. The SMILES string of the molecule is C#CCOc1ccc2ccccc2c1CNCCCCC.Cl. The summed E-state index contributed by atoms with van der Waals surface area (Å²) in [7, 11) is 0. The molecule has 0 aromatic heterocycles. The summed E-state index contributed by atoms with van der Waals surface area (Å²) >= 11 is 0. The Bertz CT molecular complexity index is 618. The number of ether oxygens (including phenoxy) is 1. The van der Waals surface area contributed by atoms with Crippen LogP contribution in [0, 0.1) is 12.3 Å². The van der Waals surface area contributed by atoms with E-state index < -0.39 is 0 Å². The Hall–Kier alpha value is -1.69. The molecule has 22 heavy (non-hydrogen) atoms. The smallest absolute Gasteiger partial charge is 0.148 e. The standard InChI is InChI=1S/C19H23NO.ClH/c1-3-5-8-13-20-15-18-17-10-7-6-9-16(17)11-12-19(18)21-14-4-2;/h2,6-7,9-12,20H,3,5,8,13-15H2,1H3;1H. The second-order valence-electron chi connectivity index (χ2n) is 5.14. The lowest BCUT2D eigenvalue weighted by atomic mass is 10.0. The van der Waals surface area contributed by atoms with Gasteiger partial charge in [0.1, 0.15) is 12.4 Å². The quantitative estimate of drug-likeness (QED) is 0.569. The summed E-state index contributed by atoms with van der Waals surface area (Å²) in [5.41, 5.74) is 1.19. The number of hydrogen-bond donors (Lipinski definition) is 1. The molecule has 0 spiro atoms. The number of rotatable bonds is 8. The highest BCUT2D eigenvalue weighted by atomic mass is 35.5. The number of benzene rings is 2. The van der Waals surface area contributed by atoms with E-state index in [1.165, 1.54) is 35.6 Å². The number of nitrogens with one attached hydrogen (secondary N) is 1. The van der Waals surface area contributed by atoms with E-state index in [0.717, 1.165) is 18.8 Å². The van der Waals surface area contributed by atoms with Gasteiger partial charge in [-0.2, -0.15) is 0 Å². The first-order valence-corrected chi connectivity index (χ1v) is 7.64. The van der Waals surface area contributed by atoms with Crippen molar-refractivity contribution in [2.45, 2.75) is 32.7 Å². The van der Waals surface area contributed by atoms with E-state index in [0.29, 0.717) is 6.61 Å². The Morgan fingerprint density at radius 2 is 1.95 bits per heavy atom. The number of fused-ring (bicyclic) bond motifs is 1. The summed E-state index contributed by atoms with van der Waals surface area (Å²) in [5.74, 6) is 3.42. The van der Waals surface area contributed by atoms with Gasteiger partial charge in [-0.05, 0) is 29.8 Å². The average molecular weight is 318 g/mol. The zero-order valence-electron chi connectivity index (χ0n) is 13.1. The lowest BCUT2D eigenvalue weighted by Gasteiger charge is -2.14. The molecule has 2 nitrogen and oxygen atoms in total. The third kappa shape index (κ3) is 4.94. The van der Waals surface area contributed by atoms with Gasteiger partial charge >= 0.3 is 0 Å². The van der Waals surface area contributed by atoms with Gasteiger partial charge < -0.3 is 10.1 Å². The third-order valence-electron chi connectivity index (χ3n) is 3.57. The summed E-state index contributed by atoms with van der Waals surface area (Å²) in [6.45, 7) is 4.37. The molecule has 0 aliphatic heterocycles. The van der Waals surface area contributed by atoms with Crippen LogP contribution in [-0.4, -0.2) is 13.2 Å². The van der Waals surface area contributed by atoms with Crippen LogP contribution in [0.1, 0.15) is 31.7 Å². The minimum atomic E-state index is 0. The van der Waals surface area contributed by atoms with Gasteiger partial charge in [0.05, 0.1) is 0 Å². The maximum absolute atomic E-state index is 5.70. The monoisotopic (exact) mass is 317 g/mol. The molecule has 2 aromatic carbocycles. The minimum Gasteiger partial charge on any atom is -0.481 e. The highest BCUT2D eigenvalue weighted by Gasteiger charge is 2.08. The van der Waals surface area contributed by atoms with E-state index >= 15 is 0 Å². The molecule has 1 N–H and O–H groups in total. The van der Waals surface area contributed by atoms with Crippen LogP contribution in [0.2, 0.25) is 0 Å². The Labute approximate surface area is 139 Å². The van der Waals surface area contributed by atoms with Crippen molar-refractivity contribution in [3.63, 3.8) is 0 Å². The summed E-state index contributed by atoms with van der Waals surface area (Å²) in [4.78, 5) is 0. The largest absolute Gasteiger partial charge is 0.481 e. The second-order valence-corrected chi connectivity index (χ2v) is 5.14. The van der Waals surface area contributed by atoms with Gasteiger partial charge in [0, 0.05) is 12.1 Å². The number of halogens is 1. The predicted octanol–water partition coefficient (Wildman–Crippen LogP) is 4.55. The molecular weight excluding hydrogens is 294 g/mol. The lowest BCUT2D eigenvalue weighted by molar-refractivity contribution is 0.365. The zero-order chi connectivity index (χ0) is 14.9. The molecule has 0 aliphatic carbocycles. The summed E-state index contributed by atoms with van der Waals surface area (Å²) in [6.07, 6.45) is 9.02. The van der Waals surface area contributed by atoms with Crippen LogP contribution in [0.5, 0.6) is 5.75 Å². The van der Waals surface area contributed by atoms with Crippen molar-refractivity contribution in [3.05, 3.63) is 42.0 Å². The molecule has 0 saturated carbocycles. The molecule has 0 unspecified atom stereocenters. The highest BCUT2D eigenvalue weighted by Crippen LogP contribution is 2.28. The second kappa shape index (κ2) is 10.1. The number of hydrogen-bond acceptors (Lipinski definition) is 2. The molecule has 0 atom stereocenters. The number of terminal acetylenes is 1. The molecule has 0 aliphatic rings. The molecule has 0 amide bonds. The van der Waals surface area contributed by atoms with Gasteiger partial charge in [0.2, 0.25) is 0 Å². The molecular formula is C19H24ClNO. The average Bonchev–Trinajstić information content (AvgIpc) is 2.53. The van der Waals surface area contributed by atoms with E-state index in [2.05, 4.69) is 48.5 Å². The van der Waals surface area contributed by atoms with Gasteiger partial charge in [-0.1, -0.05) is 56.0 Å². The summed E-state index contributed by atoms with van der Waals surface area (Å²) in [5, 5.41) is 5.98.